The van der Waals surface area contributed by atoms with Crippen molar-refractivity contribution in [1.29, 1.82) is 0 Å². The molecule has 7 nitrogen and oxygen atoms in total. The molecule has 1 heterocycles. The van der Waals surface area contributed by atoms with Crippen LogP contribution in [-0.2, 0) is 20.3 Å². The lowest BCUT2D eigenvalue weighted by molar-refractivity contribution is -0.118. The zero-order chi connectivity index (χ0) is 21.6. The van der Waals surface area contributed by atoms with Crippen molar-refractivity contribution in [3.8, 4) is 0 Å². The van der Waals surface area contributed by atoms with Gasteiger partial charge in [-0.1, -0.05) is 36.4 Å². The number of rotatable bonds is 7. The third kappa shape index (κ3) is 5.88. The van der Waals surface area contributed by atoms with Crippen LogP contribution in [0.15, 0.2) is 83.9 Å². The molecule has 3 rings (SSSR count). The van der Waals surface area contributed by atoms with E-state index in [1.807, 2.05) is 30.3 Å². The zero-order valence-corrected chi connectivity index (χ0v) is 17.2. The van der Waals surface area contributed by atoms with Crippen LogP contribution < -0.4 is 10.6 Å². The van der Waals surface area contributed by atoms with E-state index in [2.05, 4.69) is 15.6 Å². The standard InChI is InChI=1S/C21H18ClN3O4S/c22-30(28,29)17-11-9-16(10-12-17)24-21(27)19(14-15-6-2-1-3-7-15)25-20(26)18-8-4-5-13-23-18/h1-13,19H,14H2,(H,24,27)(H,25,26)/t19-/m0/s1. The van der Waals surface area contributed by atoms with Crippen molar-refractivity contribution >= 4 is 37.2 Å². The fraction of sp³-hybridized carbons (Fsp3) is 0.0952. The van der Waals surface area contributed by atoms with E-state index >= 15 is 0 Å². The summed E-state index contributed by atoms with van der Waals surface area (Å²) in [5.74, 6) is -0.931. The maximum atomic E-state index is 12.9. The number of anilines is 1. The van der Waals surface area contributed by atoms with E-state index in [1.54, 1.807) is 18.2 Å². The number of nitrogens with zero attached hydrogens (tertiary/aromatic N) is 1. The van der Waals surface area contributed by atoms with Crippen molar-refractivity contribution in [3.63, 3.8) is 0 Å². The molecular weight excluding hydrogens is 426 g/mol. The fourth-order valence-electron chi connectivity index (χ4n) is 2.72. The van der Waals surface area contributed by atoms with E-state index in [0.29, 0.717) is 5.69 Å². The number of nitrogens with one attached hydrogen (secondary N) is 2. The van der Waals surface area contributed by atoms with Gasteiger partial charge in [0.25, 0.3) is 15.0 Å². The molecule has 2 aromatic carbocycles. The third-order valence-electron chi connectivity index (χ3n) is 4.21. The number of hydrogen-bond donors (Lipinski definition) is 2. The number of pyridine rings is 1. The molecule has 0 bridgehead atoms. The van der Waals surface area contributed by atoms with Crippen LogP contribution in [0.2, 0.25) is 0 Å². The number of carbonyl (C=O) groups is 2. The molecule has 0 spiro atoms. The monoisotopic (exact) mass is 443 g/mol. The summed E-state index contributed by atoms with van der Waals surface area (Å²) in [5.41, 5.74) is 1.43. The van der Waals surface area contributed by atoms with Crippen LogP contribution in [0.4, 0.5) is 5.69 Å². The summed E-state index contributed by atoms with van der Waals surface area (Å²) >= 11 is 0. The third-order valence-corrected chi connectivity index (χ3v) is 5.58. The molecule has 0 saturated heterocycles. The first-order valence-corrected chi connectivity index (χ1v) is 11.3. The van der Waals surface area contributed by atoms with Gasteiger partial charge in [-0.3, -0.25) is 14.6 Å². The molecule has 2 amide bonds. The second-order valence-electron chi connectivity index (χ2n) is 6.38. The zero-order valence-electron chi connectivity index (χ0n) is 15.7. The van der Waals surface area contributed by atoms with Gasteiger partial charge in [0.2, 0.25) is 5.91 Å². The number of amides is 2. The molecule has 30 heavy (non-hydrogen) atoms. The summed E-state index contributed by atoms with van der Waals surface area (Å²) in [6.45, 7) is 0. The van der Waals surface area contributed by atoms with Gasteiger partial charge in [0.05, 0.1) is 4.90 Å². The van der Waals surface area contributed by atoms with Gasteiger partial charge >= 0.3 is 0 Å². The largest absolute Gasteiger partial charge is 0.339 e. The lowest BCUT2D eigenvalue weighted by Gasteiger charge is -2.18. The highest BCUT2D eigenvalue weighted by molar-refractivity contribution is 8.13. The molecule has 9 heteroatoms. The summed E-state index contributed by atoms with van der Waals surface area (Å²) in [7, 11) is 1.45. The second-order valence-corrected chi connectivity index (χ2v) is 8.95. The Labute approximate surface area is 178 Å². The summed E-state index contributed by atoms with van der Waals surface area (Å²) in [5, 5.41) is 5.39. The minimum atomic E-state index is -3.86. The second kappa shape index (κ2) is 9.51. The molecule has 154 valence electrons. The molecule has 0 radical (unpaired) electrons. The van der Waals surface area contributed by atoms with E-state index < -0.39 is 26.9 Å². The van der Waals surface area contributed by atoms with Crippen LogP contribution in [0.1, 0.15) is 16.1 Å². The van der Waals surface area contributed by atoms with Gasteiger partial charge in [-0.2, -0.15) is 0 Å². The Kier molecular flexibility index (Phi) is 6.81. The van der Waals surface area contributed by atoms with Gasteiger partial charge in [0, 0.05) is 29.0 Å². The molecule has 0 fully saturated rings. The molecule has 0 unspecified atom stereocenters. The van der Waals surface area contributed by atoms with Gasteiger partial charge in [0.1, 0.15) is 11.7 Å². The summed E-state index contributed by atoms with van der Waals surface area (Å²) in [4.78, 5) is 29.3. The fourth-order valence-corrected chi connectivity index (χ4v) is 3.49. The lowest BCUT2D eigenvalue weighted by atomic mass is 10.0. The number of halogens is 1. The topological polar surface area (TPSA) is 105 Å². The van der Waals surface area contributed by atoms with Crippen LogP contribution in [0.5, 0.6) is 0 Å². The highest BCUT2D eigenvalue weighted by atomic mass is 35.7. The SMILES string of the molecule is O=C(N[C@@H](Cc1ccccc1)C(=O)Nc1ccc(S(=O)(=O)Cl)cc1)c1ccccn1. The lowest BCUT2D eigenvalue weighted by Crippen LogP contribution is -2.45. The minimum absolute atomic E-state index is 0.0774. The van der Waals surface area contributed by atoms with Gasteiger partial charge in [0.15, 0.2) is 0 Å². The predicted octanol–water partition coefficient (Wildman–Crippen LogP) is 2.99. The Hall–Kier alpha value is -3.23. The van der Waals surface area contributed by atoms with Gasteiger partial charge < -0.3 is 10.6 Å². The van der Waals surface area contributed by atoms with Crippen LogP contribution in [0.25, 0.3) is 0 Å². The van der Waals surface area contributed by atoms with Crippen LogP contribution in [-0.4, -0.2) is 31.3 Å². The highest BCUT2D eigenvalue weighted by Crippen LogP contribution is 2.18. The molecule has 1 atom stereocenters. The van der Waals surface area contributed by atoms with Crippen molar-refractivity contribution < 1.29 is 18.0 Å². The van der Waals surface area contributed by atoms with Gasteiger partial charge in [-0.25, -0.2) is 8.42 Å². The Balaban J connectivity index is 1.78. The van der Waals surface area contributed by atoms with E-state index in [1.165, 1.54) is 30.5 Å². The number of aromatic nitrogens is 1. The molecule has 0 aliphatic carbocycles. The molecule has 0 aliphatic rings. The first-order chi connectivity index (χ1) is 14.3. The molecule has 1 aromatic heterocycles. The first-order valence-electron chi connectivity index (χ1n) is 8.94. The van der Waals surface area contributed by atoms with Crippen LogP contribution >= 0.6 is 10.7 Å². The molecule has 0 saturated carbocycles. The average molecular weight is 444 g/mol. The maximum absolute atomic E-state index is 12.9. The molecule has 3 aromatic rings. The Morgan fingerprint density at radius 1 is 0.933 bits per heavy atom. The van der Waals surface area contributed by atoms with Crippen molar-refractivity contribution in [1.82, 2.24) is 10.3 Å². The summed E-state index contributed by atoms with van der Waals surface area (Å²) in [6, 6.07) is 18.7. The normalized spacial score (nSPS) is 12.0. The van der Waals surface area contributed by atoms with Crippen molar-refractivity contribution in [2.75, 3.05) is 5.32 Å². The Morgan fingerprint density at radius 3 is 2.20 bits per heavy atom. The number of hydrogen-bond acceptors (Lipinski definition) is 5. The van der Waals surface area contributed by atoms with E-state index in [4.69, 9.17) is 10.7 Å². The van der Waals surface area contributed by atoms with Crippen LogP contribution in [0, 0.1) is 0 Å². The van der Waals surface area contributed by atoms with Crippen molar-refractivity contribution in [3.05, 3.63) is 90.3 Å². The number of carbonyl (C=O) groups excluding carboxylic acids is 2. The molecular formula is C21H18ClN3O4S. The Bertz CT molecular complexity index is 1120. The first kappa shape index (κ1) is 21.5. The average Bonchev–Trinajstić information content (AvgIpc) is 2.74. The summed E-state index contributed by atoms with van der Waals surface area (Å²) in [6.07, 6.45) is 1.76. The van der Waals surface area contributed by atoms with Crippen molar-refractivity contribution in [2.24, 2.45) is 0 Å². The quantitative estimate of drug-likeness (QED) is 0.546. The van der Waals surface area contributed by atoms with E-state index in [0.717, 1.165) is 5.56 Å². The Morgan fingerprint density at radius 2 is 1.60 bits per heavy atom. The van der Waals surface area contributed by atoms with Gasteiger partial charge in [-0.15, -0.1) is 0 Å². The smallest absolute Gasteiger partial charge is 0.270 e. The predicted molar refractivity (Wildman–Crippen MR) is 114 cm³/mol. The molecule has 2 N–H and O–H groups in total. The van der Waals surface area contributed by atoms with E-state index in [9.17, 15) is 18.0 Å². The van der Waals surface area contributed by atoms with Crippen LogP contribution in [0.3, 0.4) is 0 Å². The molecule has 0 aliphatic heterocycles. The summed E-state index contributed by atoms with van der Waals surface area (Å²) < 4.78 is 22.7. The highest BCUT2D eigenvalue weighted by Gasteiger charge is 2.23. The minimum Gasteiger partial charge on any atom is -0.339 e. The van der Waals surface area contributed by atoms with E-state index in [-0.39, 0.29) is 17.0 Å². The number of benzene rings is 2. The van der Waals surface area contributed by atoms with Crippen molar-refractivity contribution in [2.45, 2.75) is 17.4 Å². The van der Waals surface area contributed by atoms with Gasteiger partial charge in [-0.05, 0) is 42.0 Å². The maximum Gasteiger partial charge on any atom is 0.270 e.